The SMILES string of the molecule is CCOC(=O)[C@H](C)NC(=O)CNc1ccccc1. The third-order valence-corrected chi connectivity index (χ3v) is 2.24. The summed E-state index contributed by atoms with van der Waals surface area (Å²) in [7, 11) is 0. The smallest absolute Gasteiger partial charge is 0.328 e. The molecular formula is C13H18N2O3. The van der Waals surface area contributed by atoms with E-state index >= 15 is 0 Å². The number of benzene rings is 1. The molecule has 0 aliphatic heterocycles. The number of ether oxygens (including phenoxy) is 1. The lowest BCUT2D eigenvalue weighted by Crippen LogP contribution is -2.42. The van der Waals surface area contributed by atoms with Crippen LogP contribution in [0.5, 0.6) is 0 Å². The van der Waals surface area contributed by atoms with Gasteiger partial charge in [0.15, 0.2) is 0 Å². The Bertz CT molecular complexity index is 392. The van der Waals surface area contributed by atoms with Crippen molar-refractivity contribution in [2.45, 2.75) is 19.9 Å². The molecule has 1 amide bonds. The van der Waals surface area contributed by atoms with Crippen molar-refractivity contribution >= 4 is 17.6 Å². The van der Waals surface area contributed by atoms with Gasteiger partial charge < -0.3 is 15.4 Å². The number of para-hydroxylation sites is 1. The van der Waals surface area contributed by atoms with E-state index in [0.29, 0.717) is 6.61 Å². The van der Waals surface area contributed by atoms with Gasteiger partial charge in [0.05, 0.1) is 13.2 Å². The number of carbonyl (C=O) groups is 2. The van der Waals surface area contributed by atoms with Crippen LogP contribution in [0.2, 0.25) is 0 Å². The summed E-state index contributed by atoms with van der Waals surface area (Å²) in [4.78, 5) is 22.8. The number of nitrogens with one attached hydrogen (secondary N) is 2. The third kappa shape index (κ3) is 4.86. The van der Waals surface area contributed by atoms with Crippen LogP contribution in [0, 0.1) is 0 Å². The average molecular weight is 250 g/mol. The number of anilines is 1. The van der Waals surface area contributed by atoms with E-state index in [0.717, 1.165) is 5.69 Å². The molecule has 0 aromatic heterocycles. The number of hydrogen-bond donors (Lipinski definition) is 2. The van der Waals surface area contributed by atoms with Gasteiger partial charge >= 0.3 is 5.97 Å². The fourth-order valence-corrected chi connectivity index (χ4v) is 1.36. The monoisotopic (exact) mass is 250 g/mol. The van der Waals surface area contributed by atoms with E-state index in [-0.39, 0.29) is 12.5 Å². The Labute approximate surface area is 107 Å². The zero-order chi connectivity index (χ0) is 13.4. The molecule has 0 fully saturated rings. The van der Waals surface area contributed by atoms with E-state index in [1.807, 2.05) is 30.3 Å². The molecule has 1 aromatic carbocycles. The normalized spacial score (nSPS) is 11.4. The molecule has 0 aliphatic rings. The molecule has 0 radical (unpaired) electrons. The topological polar surface area (TPSA) is 67.4 Å². The maximum Gasteiger partial charge on any atom is 0.328 e. The molecule has 5 nitrogen and oxygen atoms in total. The Hall–Kier alpha value is -2.04. The minimum absolute atomic E-state index is 0.119. The molecule has 5 heteroatoms. The molecule has 0 bridgehead atoms. The molecule has 1 aromatic rings. The molecule has 0 unspecified atom stereocenters. The van der Waals surface area contributed by atoms with Crippen molar-refractivity contribution in [1.29, 1.82) is 0 Å². The number of hydrogen-bond acceptors (Lipinski definition) is 4. The quantitative estimate of drug-likeness (QED) is 0.744. The molecule has 1 atom stereocenters. The van der Waals surface area contributed by atoms with Crippen LogP contribution >= 0.6 is 0 Å². The van der Waals surface area contributed by atoms with Gasteiger partial charge in [0, 0.05) is 5.69 Å². The zero-order valence-corrected chi connectivity index (χ0v) is 10.6. The summed E-state index contributed by atoms with van der Waals surface area (Å²) in [6.07, 6.45) is 0. The van der Waals surface area contributed by atoms with Crippen molar-refractivity contribution in [3.63, 3.8) is 0 Å². The standard InChI is InChI=1S/C13H18N2O3/c1-3-18-13(17)10(2)15-12(16)9-14-11-7-5-4-6-8-11/h4-8,10,14H,3,9H2,1-2H3,(H,15,16)/t10-/m0/s1. The second kappa shape index (κ2) is 7.32. The first-order valence-electron chi connectivity index (χ1n) is 5.88. The van der Waals surface area contributed by atoms with Crippen LogP contribution in [0.3, 0.4) is 0 Å². The zero-order valence-electron chi connectivity index (χ0n) is 10.6. The summed E-state index contributed by atoms with van der Waals surface area (Å²) in [6, 6.07) is 8.75. The van der Waals surface area contributed by atoms with Crippen molar-refractivity contribution in [1.82, 2.24) is 5.32 Å². The molecule has 98 valence electrons. The van der Waals surface area contributed by atoms with Crippen LogP contribution in [-0.2, 0) is 14.3 Å². The molecule has 0 heterocycles. The van der Waals surface area contributed by atoms with Gasteiger partial charge in [-0.15, -0.1) is 0 Å². The van der Waals surface area contributed by atoms with Crippen LogP contribution < -0.4 is 10.6 Å². The summed E-state index contributed by atoms with van der Waals surface area (Å²) < 4.78 is 4.79. The number of amides is 1. The third-order valence-electron chi connectivity index (χ3n) is 2.24. The Morgan fingerprint density at radius 1 is 1.28 bits per heavy atom. The van der Waals surface area contributed by atoms with Crippen molar-refractivity contribution < 1.29 is 14.3 Å². The first-order valence-corrected chi connectivity index (χ1v) is 5.88. The molecule has 2 N–H and O–H groups in total. The van der Waals surface area contributed by atoms with Crippen molar-refractivity contribution in [3.8, 4) is 0 Å². The predicted octanol–water partition coefficient (Wildman–Crippen LogP) is 1.17. The summed E-state index contributed by atoms with van der Waals surface area (Å²) in [5, 5.41) is 5.52. The van der Waals surface area contributed by atoms with Crippen LogP contribution in [0.15, 0.2) is 30.3 Å². The highest BCUT2D eigenvalue weighted by Gasteiger charge is 2.15. The van der Waals surface area contributed by atoms with E-state index in [4.69, 9.17) is 4.74 Å². The van der Waals surface area contributed by atoms with Gasteiger partial charge in [0.2, 0.25) is 5.91 Å². The number of esters is 1. The minimum atomic E-state index is -0.630. The molecular weight excluding hydrogens is 232 g/mol. The summed E-state index contributed by atoms with van der Waals surface area (Å²) in [5.41, 5.74) is 0.858. The van der Waals surface area contributed by atoms with E-state index < -0.39 is 12.0 Å². The van der Waals surface area contributed by atoms with Crippen LogP contribution in [0.25, 0.3) is 0 Å². The highest BCUT2D eigenvalue weighted by Crippen LogP contribution is 2.03. The fourth-order valence-electron chi connectivity index (χ4n) is 1.36. The summed E-state index contributed by atoms with van der Waals surface area (Å²) >= 11 is 0. The van der Waals surface area contributed by atoms with Gasteiger partial charge in [0.25, 0.3) is 0 Å². The van der Waals surface area contributed by atoms with Gasteiger partial charge in [-0.25, -0.2) is 4.79 Å². The van der Waals surface area contributed by atoms with Gasteiger partial charge in [-0.3, -0.25) is 4.79 Å². The summed E-state index contributed by atoms with van der Waals surface area (Å²) in [5.74, 6) is -0.676. The predicted molar refractivity (Wildman–Crippen MR) is 69.2 cm³/mol. The van der Waals surface area contributed by atoms with Crippen LogP contribution in [0.1, 0.15) is 13.8 Å². The second-order valence-corrected chi connectivity index (χ2v) is 3.76. The lowest BCUT2D eigenvalue weighted by Gasteiger charge is -2.13. The highest BCUT2D eigenvalue weighted by molar-refractivity contribution is 5.86. The Morgan fingerprint density at radius 2 is 1.94 bits per heavy atom. The van der Waals surface area contributed by atoms with Crippen LogP contribution in [-0.4, -0.2) is 31.1 Å². The largest absolute Gasteiger partial charge is 0.464 e. The van der Waals surface area contributed by atoms with Crippen LogP contribution in [0.4, 0.5) is 5.69 Å². The van der Waals surface area contributed by atoms with E-state index in [9.17, 15) is 9.59 Å². The molecule has 0 spiro atoms. The highest BCUT2D eigenvalue weighted by atomic mass is 16.5. The van der Waals surface area contributed by atoms with Gasteiger partial charge in [-0.2, -0.15) is 0 Å². The van der Waals surface area contributed by atoms with Gasteiger partial charge in [-0.1, -0.05) is 18.2 Å². The maximum absolute atomic E-state index is 11.6. The van der Waals surface area contributed by atoms with Crippen molar-refractivity contribution in [3.05, 3.63) is 30.3 Å². The van der Waals surface area contributed by atoms with E-state index in [1.54, 1.807) is 13.8 Å². The average Bonchev–Trinajstić information content (AvgIpc) is 2.38. The van der Waals surface area contributed by atoms with Gasteiger partial charge in [-0.05, 0) is 26.0 Å². The molecule has 0 saturated carbocycles. The maximum atomic E-state index is 11.6. The lowest BCUT2D eigenvalue weighted by molar-refractivity contribution is -0.146. The van der Waals surface area contributed by atoms with Gasteiger partial charge in [0.1, 0.15) is 6.04 Å². The molecule has 18 heavy (non-hydrogen) atoms. The number of carbonyl (C=O) groups excluding carboxylic acids is 2. The lowest BCUT2D eigenvalue weighted by atomic mass is 10.3. The summed E-state index contributed by atoms with van der Waals surface area (Å²) in [6.45, 7) is 3.75. The number of rotatable bonds is 6. The van der Waals surface area contributed by atoms with Crippen molar-refractivity contribution in [2.75, 3.05) is 18.5 Å². The van der Waals surface area contributed by atoms with E-state index in [2.05, 4.69) is 10.6 Å². The Kier molecular flexibility index (Phi) is 5.70. The molecule has 0 saturated heterocycles. The first-order chi connectivity index (χ1) is 8.63. The Morgan fingerprint density at radius 3 is 2.56 bits per heavy atom. The second-order valence-electron chi connectivity index (χ2n) is 3.76. The van der Waals surface area contributed by atoms with Crippen molar-refractivity contribution in [2.24, 2.45) is 0 Å². The molecule has 1 rings (SSSR count). The Balaban J connectivity index is 2.31. The first kappa shape index (κ1) is 14.0. The minimum Gasteiger partial charge on any atom is -0.464 e. The van der Waals surface area contributed by atoms with E-state index in [1.165, 1.54) is 0 Å². The molecule has 0 aliphatic carbocycles. The fraction of sp³-hybridized carbons (Fsp3) is 0.385.